The van der Waals surface area contributed by atoms with Crippen molar-refractivity contribution in [1.82, 2.24) is 0 Å². The smallest absolute Gasteiger partial charge is 0.186 e. The Kier molecular flexibility index (Phi) is 6.04. The summed E-state index contributed by atoms with van der Waals surface area (Å²) in [4.78, 5) is 0. The highest BCUT2D eigenvalue weighted by molar-refractivity contribution is 4.88. The molecule has 1 aliphatic rings. The lowest BCUT2D eigenvalue weighted by atomic mass is 9.99. The average molecular weight is 248 g/mol. The molecule has 0 amide bonds. The minimum atomic E-state index is -1.38. The maximum absolute atomic E-state index is 9.62. The number of aliphatic hydroxyl groups is 4. The molecule has 17 heavy (non-hydrogen) atoms. The zero-order valence-electron chi connectivity index (χ0n) is 9.60. The summed E-state index contributed by atoms with van der Waals surface area (Å²) in [6.45, 7) is 3.46. The van der Waals surface area contributed by atoms with Crippen LogP contribution in [0.4, 0.5) is 0 Å². The van der Waals surface area contributed by atoms with Crippen LogP contribution in [0.2, 0.25) is 0 Å². The van der Waals surface area contributed by atoms with E-state index in [0.717, 1.165) is 12.8 Å². The van der Waals surface area contributed by atoms with Crippen molar-refractivity contribution in [2.75, 3.05) is 13.2 Å². The molecule has 0 aromatic heterocycles. The van der Waals surface area contributed by atoms with E-state index in [0.29, 0.717) is 6.61 Å². The van der Waals surface area contributed by atoms with E-state index in [-0.39, 0.29) is 0 Å². The molecule has 6 heteroatoms. The van der Waals surface area contributed by atoms with E-state index in [1.807, 2.05) is 0 Å². The predicted molar refractivity (Wildman–Crippen MR) is 59.2 cm³/mol. The lowest BCUT2D eigenvalue weighted by molar-refractivity contribution is -0.301. The molecular formula is C11H20O6. The molecule has 6 nitrogen and oxygen atoms in total. The minimum absolute atomic E-state index is 0.342. The van der Waals surface area contributed by atoms with Crippen LogP contribution in [0.3, 0.4) is 0 Å². The van der Waals surface area contributed by atoms with Crippen molar-refractivity contribution in [3.8, 4) is 0 Å². The van der Waals surface area contributed by atoms with Crippen LogP contribution in [0.25, 0.3) is 0 Å². The van der Waals surface area contributed by atoms with Gasteiger partial charge in [-0.05, 0) is 12.8 Å². The van der Waals surface area contributed by atoms with Crippen LogP contribution in [0.15, 0.2) is 12.7 Å². The number of unbranched alkanes of at least 4 members (excludes halogenated alkanes) is 1. The summed E-state index contributed by atoms with van der Waals surface area (Å²) in [6, 6.07) is 0. The molecule has 1 heterocycles. The van der Waals surface area contributed by atoms with Crippen LogP contribution in [0.1, 0.15) is 12.8 Å². The summed E-state index contributed by atoms with van der Waals surface area (Å²) in [6.07, 6.45) is -2.76. The second kappa shape index (κ2) is 7.05. The Hall–Kier alpha value is -0.500. The number of hydrogen-bond acceptors (Lipinski definition) is 6. The van der Waals surface area contributed by atoms with Gasteiger partial charge in [0.2, 0.25) is 0 Å². The van der Waals surface area contributed by atoms with Gasteiger partial charge in [-0.2, -0.15) is 0 Å². The number of allylic oxidation sites excluding steroid dienone is 1. The minimum Gasteiger partial charge on any atom is -0.394 e. The van der Waals surface area contributed by atoms with Crippen molar-refractivity contribution in [1.29, 1.82) is 0 Å². The number of rotatable bonds is 6. The third-order valence-corrected chi connectivity index (χ3v) is 2.68. The molecule has 0 aliphatic carbocycles. The SMILES string of the molecule is C=CCCCO[C@@H]1OC(CO)C(O)[C@H](O)C1O. The molecule has 0 spiro atoms. The van der Waals surface area contributed by atoms with Gasteiger partial charge in [-0.25, -0.2) is 0 Å². The Balaban J connectivity index is 2.44. The highest BCUT2D eigenvalue weighted by Crippen LogP contribution is 2.21. The first-order chi connectivity index (χ1) is 8.11. The Labute approximate surface area is 100 Å². The zero-order chi connectivity index (χ0) is 12.8. The van der Waals surface area contributed by atoms with E-state index in [9.17, 15) is 15.3 Å². The summed E-state index contributed by atoms with van der Waals surface area (Å²) in [5.74, 6) is 0. The third kappa shape index (κ3) is 3.74. The van der Waals surface area contributed by atoms with E-state index < -0.39 is 37.3 Å². The Bertz CT molecular complexity index is 232. The molecule has 0 saturated carbocycles. The Morgan fingerprint density at radius 1 is 1.18 bits per heavy atom. The lowest BCUT2D eigenvalue weighted by Crippen LogP contribution is -2.59. The maximum atomic E-state index is 9.62. The molecule has 1 fully saturated rings. The Morgan fingerprint density at radius 2 is 1.88 bits per heavy atom. The van der Waals surface area contributed by atoms with Crippen LogP contribution in [-0.2, 0) is 9.47 Å². The van der Waals surface area contributed by atoms with Crippen LogP contribution >= 0.6 is 0 Å². The zero-order valence-corrected chi connectivity index (χ0v) is 9.60. The van der Waals surface area contributed by atoms with Crippen molar-refractivity contribution in [2.24, 2.45) is 0 Å². The molecule has 0 aromatic carbocycles. The predicted octanol–water partition coefficient (Wildman–Crippen LogP) is -1.23. The fourth-order valence-corrected chi connectivity index (χ4v) is 1.63. The van der Waals surface area contributed by atoms with E-state index in [1.54, 1.807) is 6.08 Å². The quantitative estimate of drug-likeness (QED) is 0.347. The summed E-state index contributed by atoms with van der Waals surface area (Å²) in [5.41, 5.74) is 0. The van der Waals surface area contributed by atoms with Gasteiger partial charge in [0.1, 0.15) is 24.4 Å². The fraction of sp³-hybridized carbons (Fsp3) is 0.818. The molecule has 0 bridgehead atoms. The van der Waals surface area contributed by atoms with Gasteiger partial charge in [0.25, 0.3) is 0 Å². The van der Waals surface area contributed by atoms with Crippen LogP contribution in [0.5, 0.6) is 0 Å². The largest absolute Gasteiger partial charge is 0.394 e. The number of hydrogen-bond donors (Lipinski definition) is 4. The van der Waals surface area contributed by atoms with Crippen molar-refractivity contribution in [3.63, 3.8) is 0 Å². The van der Waals surface area contributed by atoms with E-state index in [2.05, 4.69) is 6.58 Å². The molecule has 5 atom stereocenters. The van der Waals surface area contributed by atoms with E-state index in [1.165, 1.54) is 0 Å². The van der Waals surface area contributed by atoms with Gasteiger partial charge in [0, 0.05) is 0 Å². The molecule has 1 aliphatic heterocycles. The first-order valence-electron chi connectivity index (χ1n) is 5.64. The molecule has 1 saturated heterocycles. The summed E-state index contributed by atoms with van der Waals surface area (Å²) < 4.78 is 10.4. The Morgan fingerprint density at radius 3 is 2.47 bits per heavy atom. The van der Waals surface area contributed by atoms with E-state index in [4.69, 9.17) is 14.6 Å². The van der Waals surface area contributed by atoms with Crippen molar-refractivity contribution < 1.29 is 29.9 Å². The average Bonchev–Trinajstić information content (AvgIpc) is 2.34. The highest BCUT2D eigenvalue weighted by Gasteiger charge is 2.43. The second-order valence-corrected chi connectivity index (χ2v) is 4.00. The topological polar surface area (TPSA) is 99.4 Å². The van der Waals surface area contributed by atoms with Crippen LogP contribution in [-0.4, -0.2) is 64.3 Å². The summed E-state index contributed by atoms with van der Waals surface area (Å²) in [5, 5.41) is 37.6. The monoisotopic (exact) mass is 248 g/mol. The van der Waals surface area contributed by atoms with Gasteiger partial charge in [-0.3, -0.25) is 0 Å². The summed E-state index contributed by atoms with van der Waals surface area (Å²) in [7, 11) is 0. The first kappa shape index (κ1) is 14.6. The number of aliphatic hydroxyl groups excluding tert-OH is 4. The van der Waals surface area contributed by atoms with Gasteiger partial charge >= 0.3 is 0 Å². The van der Waals surface area contributed by atoms with Gasteiger partial charge in [0.05, 0.1) is 13.2 Å². The normalized spacial score (nSPS) is 38.0. The molecule has 0 radical (unpaired) electrons. The first-order valence-corrected chi connectivity index (χ1v) is 5.64. The van der Waals surface area contributed by atoms with Crippen LogP contribution < -0.4 is 0 Å². The van der Waals surface area contributed by atoms with Gasteiger partial charge in [0.15, 0.2) is 6.29 Å². The highest BCUT2D eigenvalue weighted by atomic mass is 16.7. The van der Waals surface area contributed by atoms with Crippen molar-refractivity contribution in [3.05, 3.63) is 12.7 Å². The third-order valence-electron chi connectivity index (χ3n) is 2.68. The molecule has 100 valence electrons. The van der Waals surface area contributed by atoms with Crippen molar-refractivity contribution >= 4 is 0 Å². The molecule has 0 aromatic rings. The van der Waals surface area contributed by atoms with Gasteiger partial charge in [-0.1, -0.05) is 6.08 Å². The number of ether oxygens (including phenoxy) is 2. The molecule has 4 N–H and O–H groups in total. The molecular weight excluding hydrogens is 228 g/mol. The second-order valence-electron chi connectivity index (χ2n) is 4.00. The van der Waals surface area contributed by atoms with E-state index >= 15 is 0 Å². The fourth-order valence-electron chi connectivity index (χ4n) is 1.63. The van der Waals surface area contributed by atoms with Crippen LogP contribution in [0, 0.1) is 0 Å². The standard InChI is InChI=1S/C11H20O6/c1-2-3-4-5-16-11-10(15)9(14)8(13)7(6-12)17-11/h2,7-15H,1,3-6H2/t7?,8?,9-,10?,11+/m0/s1. The summed E-state index contributed by atoms with van der Waals surface area (Å²) >= 11 is 0. The maximum Gasteiger partial charge on any atom is 0.186 e. The van der Waals surface area contributed by atoms with Gasteiger partial charge < -0.3 is 29.9 Å². The lowest BCUT2D eigenvalue weighted by Gasteiger charge is -2.39. The van der Waals surface area contributed by atoms with Gasteiger partial charge in [-0.15, -0.1) is 6.58 Å². The molecule has 3 unspecified atom stereocenters. The van der Waals surface area contributed by atoms with Crippen molar-refractivity contribution in [2.45, 2.75) is 43.5 Å². The molecule has 1 rings (SSSR count).